The van der Waals surface area contributed by atoms with Gasteiger partial charge in [-0.3, -0.25) is 0 Å². The zero-order valence-corrected chi connectivity index (χ0v) is 34.1. The Bertz CT molecular complexity index is 3540. The maximum atomic E-state index is 16.3. The third-order valence-corrected chi connectivity index (χ3v) is 13.8. The van der Waals surface area contributed by atoms with Gasteiger partial charge in [-0.15, -0.1) is 12.8 Å². The quantitative estimate of drug-likeness (QED) is 0.0563. The van der Waals surface area contributed by atoms with E-state index in [9.17, 15) is 8.78 Å². The van der Waals surface area contributed by atoms with Crippen LogP contribution in [0.4, 0.5) is 43.9 Å². The number of halogens is 10. The predicted octanol–water partition coefficient (Wildman–Crippen LogP) is 8.64. The molecule has 0 unspecified atom stereocenters. The number of allylic oxidation sites excluding steroid dienone is 4. The normalized spacial score (nSPS) is 14.9. The van der Waals surface area contributed by atoms with Crippen LogP contribution in [-0.2, 0) is 3.79 Å². The fourth-order valence-corrected chi connectivity index (χ4v) is 11.0. The Kier molecular flexibility index (Phi) is 9.74. The van der Waals surface area contributed by atoms with E-state index in [4.69, 9.17) is 26.6 Å². The van der Waals surface area contributed by atoms with Crippen molar-refractivity contribution in [2.45, 2.75) is 0 Å². The summed E-state index contributed by atoms with van der Waals surface area (Å²) in [5, 5.41) is -0.0165. The number of aromatic nitrogens is 2. The Labute approximate surface area is 366 Å². The van der Waals surface area contributed by atoms with E-state index in [1.807, 2.05) is 0 Å². The molecule has 0 amide bonds. The van der Waals surface area contributed by atoms with Crippen LogP contribution >= 0.6 is 0 Å². The van der Waals surface area contributed by atoms with Crippen LogP contribution in [0.25, 0.3) is 22.3 Å². The molecule has 0 saturated carbocycles. The first-order valence-corrected chi connectivity index (χ1v) is 20.7. The van der Waals surface area contributed by atoms with Gasteiger partial charge in [0.2, 0.25) is 11.6 Å². The number of benzene rings is 4. The Balaban J connectivity index is 1.49. The first-order valence-electron chi connectivity index (χ1n) is 19.2. The second-order valence-electron chi connectivity index (χ2n) is 14.8. The van der Waals surface area contributed by atoms with E-state index in [-0.39, 0.29) is 56.0 Å². The van der Waals surface area contributed by atoms with Crippen molar-refractivity contribution in [2.24, 2.45) is 9.98 Å². The third kappa shape index (κ3) is 6.03. The molecule has 65 heavy (non-hydrogen) atoms. The summed E-state index contributed by atoms with van der Waals surface area (Å²) in [6.45, 7) is 0. The lowest BCUT2D eigenvalue weighted by atomic mass is 9.98. The van der Waals surface area contributed by atoms with Crippen LogP contribution in [-0.4, -0.2) is 40.6 Å². The van der Waals surface area contributed by atoms with Gasteiger partial charge in [0.25, 0.3) is 0 Å². The summed E-state index contributed by atoms with van der Waals surface area (Å²) in [5.74, 6) is -17.5. The van der Waals surface area contributed by atoms with Crippen molar-refractivity contribution in [1.82, 2.24) is 7.10 Å². The lowest BCUT2D eigenvalue weighted by Crippen LogP contribution is -2.50. The third-order valence-electron chi connectivity index (χ3n) is 11.4. The highest BCUT2D eigenvalue weighted by molar-refractivity contribution is 6.50. The van der Waals surface area contributed by atoms with Crippen molar-refractivity contribution in [3.63, 3.8) is 0 Å². The molecule has 4 aromatic carbocycles. The first kappa shape index (κ1) is 41.4. The highest BCUT2D eigenvalue weighted by Gasteiger charge is 2.43. The predicted molar refractivity (Wildman–Crippen MR) is 223 cm³/mol. The van der Waals surface area contributed by atoms with Crippen LogP contribution in [0, 0.1) is 82.9 Å². The smallest absolute Gasteiger partial charge is 0.468 e. The van der Waals surface area contributed by atoms with Crippen molar-refractivity contribution >= 4 is 48.6 Å². The fourth-order valence-electron chi connectivity index (χ4n) is 8.54. The van der Waals surface area contributed by atoms with Crippen LogP contribution in [0.5, 0.6) is 0 Å². The molecule has 4 aliphatic rings. The van der Waals surface area contributed by atoms with E-state index in [1.165, 1.54) is 62.8 Å². The van der Waals surface area contributed by atoms with Gasteiger partial charge in [-0.2, -0.15) is 0 Å². The van der Waals surface area contributed by atoms with Crippen LogP contribution in [0.15, 0.2) is 118 Å². The summed E-state index contributed by atoms with van der Waals surface area (Å²) < 4.78 is 165. The number of nitrogens with zero attached hydrogens (tertiary/aromatic N) is 4. The van der Waals surface area contributed by atoms with Crippen molar-refractivity contribution in [3.05, 3.63) is 222 Å². The highest BCUT2D eigenvalue weighted by Crippen LogP contribution is 2.42. The standard InChI is InChI=1S/C48H18F10N4.CH3O.Al/c1-3-21-5-9-23(10-6-21)33-25-13-17-29(59-25)35(37-39(49)43(53)47(57)44(54)40(37)50)31-19-15-27(61-31)34(24-11-7-22(4-2)8-12-24)28-16-20-32(62-28)36(30-18-14-26(33)60-30)38-41(51)45(55)48(58)46(56)42(38)52;1-2;/h1-2,5-20H;1H3;/q-2;-1;+3. The molecule has 316 valence electrons. The molecule has 0 aliphatic carbocycles. The van der Waals surface area contributed by atoms with Gasteiger partial charge in [0, 0.05) is 62.6 Å². The molecule has 4 aliphatic heterocycles. The van der Waals surface area contributed by atoms with Crippen LogP contribution in [0.1, 0.15) is 44.8 Å². The van der Waals surface area contributed by atoms with Gasteiger partial charge in [-0.25, -0.2) is 53.9 Å². The number of hydrogen-bond acceptors (Lipinski definition) is 3. The Morgan fingerprint density at radius 1 is 0.446 bits per heavy atom. The van der Waals surface area contributed by atoms with Crippen LogP contribution in [0.2, 0.25) is 0 Å². The van der Waals surface area contributed by atoms with Gasteiger partial charge in [0.05, 0.1) is 33.9 Å². The Morgan fingerprint density at radius 2 is 0.831 bits per heavy atom. The molecule has 5 nitrogen and oxygen atoms in total. The van der Waals surface area contributed by atoms with Crippen molar-refractivity contribution < 1.29 is 47.7 Å². The molecule has 6 aromatic rings. The topological polar surface area (TPSA) is 43.8 Å². The maximum absolute atomic E-state index is 16.3. The molecule has 6 heterocycles. The molecule has 2 aromatic heterocycles. The fraction of sp³-hybridized carbons (Fsp3) is 0.0204. The van der Waals surface area contributed by atoms with Crippen molar-refractivity contribution in [3.8, 4) is 24.7 Å². The summed E-state index contributed by atoms with van der Waals surface area (Å²) in [4.78, 5) is 9.50. The van der Waals surface area contributed by atoms with Gasteiger partial charge >= 0.3 is 14.9 Å². The number of hydrogen-bond donors (Lipinski definition) is 0. The maximum Gasteiger partial charge on any atom is 0.804 e. The molecule has 0 atom stereocenters. The van der Waals surface area contributed by atoms with Gasteiger partial charge in [0.15, 0.2) is 46.5 Å². The number of rotatable bonds is 5. The minimum atomic E-state index is -3.90. The molecule has 0 fully saturated rings. The van der Waals surface area contributed by atoms with E-state index >= 15 is 35.1 Å². The Morgan fingerprint density at radius 3 is 1.29 bits per heavy atom. The Hall–Kier alpha value is -7.61. The monoisotopic (exact) mass is 898 g/mol. The minimum absolute atomic E-state index is 0.0595. The van der Waals surface area contributed by atoms with Crippen LogP contribution in [0.3, 0.4) is 0 Å². The SMILES string of the molecule is C#Cc1ccc(C2=C3C=CC(=N3)C(c3c(F)c(F)c(F)c(F)c3F)=c3ccc4[n]3[Al]([O]C)[n]3c2ccc3C(c2c(F)c(F)c(F)c(F)c2F)=C2C=CC(=N2)C=4c2ccc(C#C)cc2)cc1. The van der Waals surface area contributed by atoms with E-state index in [0.29, 0.717) is 22.3 Å². The summed E-state index contributed by atoms with van der Waals surface area (Å²) >= 11 is -3.90. The van der Waals surface area contributed by atoms with E-state index < -0.39 is 95.4 Å². The second-order valence-corrected chi connectivity index (χ2v) is 16.9. The molecule has 6 bridgehead atoms. The van der Waals surface area contributed by atoms with Gasteiger partial charge < -0.3 is 10.9 Å². The van der Waals surface area contributed by atoms with Gasteiger partial charge in [-0.1, -0.05) is 36.1 Å². The van der Waals surface area contributed by atoms with E-state index in [1.54, 1.807) is 48.5 Å². The lowest BCUT2D eigenvalue weighted by Gasteiger charge is -2.26. The summed E-state index contributed by atoms with van der Waals surface area (Å²) in [5.41, 5.74) is -2.13. The van der Waals surface area contributed by atoms with Gasteiger partial charge in [0.1, 0.15) is 0 Å². The largest absolute Gasteiger partial charge is 0.804 e. The highest BCUT2D eigenvalue weighted by atomic mass is 27.2. The second kappa shape index (κ2) is 15.3. The van der Waals surface area contributed by atoms with Crippen LogP contribution < -0.4 is 10.7 Å². The molecule has 10 rings (SSSR count). The number of terminal acetylenes is 2. The number of aliphatic imine (C=N–C) groups is 2. The average molecular weight is 899 g/mol. The average Bonchev–Trinajstić information content (AvgIpc) is 4.16. The zero-order valence-electron chi connectivity index (χ0n) is 32.9. The lowest BCUT2D eigenvalue weighted by molar-refractivity contribution is 0.376. The molecule has 0 spiro atoms. The molecule has 0 N–H and O–H groups in total. The number of fused-ring (bicyclic) bond motifs is 2. The molecule has 0 saturated heterocycles. The van der Waals surface area contributed by atoms with Crippen molar-refractivity contribution in [2.75, 3.05) is 7.11 Å². The molecular weight excluding hydrogens is 878 g/mol. The first-order chi connectivity index (χ1) is 31.3. The molecular formula is C49H21AlF10N4O. The van der Waals surface area contributed by atoms with Crippen molar-refractivity contribution in [1.29, 1.82) is 0 Å². The summed E-state index contributed by atoms with van der Waals surface area (Å²) in [6.07, 6.45) is 16.8. The summed E-state index contributed by atoms with van der Waals surface area (Å²) in [6, 6.07) is 18.5. The van der Waals surface area contributed by atoms with Gasteiger partial charge in [-0.05, 0) is 84.0 Å². The molecule has 16 heteroatoms. The van der Waals surface area contributed by atoms with E-state index in [0.717, 1.165) is 0 Å². The summed E-state index contributed by atoms with van der Waals surface area (Å²) in [7, 11) is 1.25. The molecule has 0 radical (unpaired) electrons. The zero-order chi connectivity index (χ0) is 45.7. The van der Waals surface area contributed by atoms with E-state index in [2.05, 4.69) is 11.8 Å². The minimum Gasteiger partial charge on any atom is -0.468 e.